The minimum Gasteiger partial charge on any atom is -0.496 e. The van der Waals surface area contributed by atoms with E-state index >= 15 is 0 Å². The van der Waals surface area contributed by atoms with Crippen LogP contribution in [0.25, 0.3) is 0 Å². The summed E-state index contributed by atoms with van der Waals surface area (Å²) in [6.07, 6.45) is 0.0710. The number of hydrogen-bond donors (Lipinski definition) is 0. The molecule has 0 radical (unpaired) electrons. The molecular weight excluding hydrogens is 455 g/mol. The molecule has 0 saturated carbocycles. The number of benzene rings is 3. The first-order chi connectivity index (χ1) is 16.4. The number of carbonyl (C=O) groups excluding carboxylic acids is 2. The minimum absolute atomic E-state index is 0.0360. The average molecular weight is 482 g/mol. The molecule has 0 heterocycles. The van der Waals surface area contributed by atoms with E-state index in [2.05, 4.69) is 0 Å². The first-order valence-electron chi connectivity index (χ1n) is 10.6. The van der Waals surface area contributed by atoms with Crippen molar-refractivity contribution >= 4 is 18.2 Å². The van der Waals surface area contributed by atoms with Crippen molar-refractivity contribution in [3.8, 4) is 23.0 Å². The van der Waals surface area contributed by atoms with Crippen molar-refractivity contribution in [2.24, 2.45) is 0 Å². The molecule has 0 N–H and O–H groups in total. The molecule has 0 aliphatic carbocycles. The van der Waals surface area contributed by atoms with Crippen molar-refractivity contribution in [1.82, 2.24) is 0 Å². The van der Waals surface area contributed by atoms with Gasteiger partial charge in [0.05, 0.1) is 28.4 Å². The Morgan fingerprint density at radius 3 is 1.35 bits per heavy atom. The number of rotatable bonds is 11. The molecule has 0 spiro atoms. The highest BCUT2D eigenvalue weighted by Crippen LogP contribution is 2.56. The first-order valence-corrected chi connectivity index (χ1v) is 12.4. The van der Waals surface area contributed by atoms with Gasteiger partial charge >= 0.3 is 0 Å². The summed E-state index contributed by atoms with van der Waals surface area (Å²) in [5.41, 5.74) is -0.897. The fourth-order valence-corrected chi connectivity index (χ4v) is 6.04. The van der Waals surface area contributed by atoms with E-state index in [0.29, 0.717) is 0 Å². The molecule has 7 nitrogen and oxygen atoms in total. The van der Waals surface area contributed by atoms with E-state index < -0.39 is 18.2 Å². The SMILES string of the molecule is COc1cccc(OC)c1C(=O)P(=O)(CCc1ccccc1)C(=O)c1c(OC)cccc1OC. The molecule has 0 aromatic heterocycles. The van der Waals surface area contributed by atoms with Crippen LogP contribution in [0.5, 0.6) is 23.0 Å². The highest BCUT2D eigenvalue weighted by molar-refractivity contribution is 7.95. The quantitative estimate of drug-likeness (QED) is 0.342. The van der Waals surface area contributed by atoms with Gasteiger partial charge in [-0.25, -0.2) is 0 Å². The van der Waals surface area contributed by atoms with Crippen LogP contribution in [0.1, 0.15) is 26.3 Å². The third-order valence-electron chi connectivity index (χ3n) is 5.50. The number of ether oxygens (including phenoxy) is 4. The molecule has 0 bridgehead atoms. The van der Waals surface area contributed by atoms with Gasteiger partial charge in [-0.1, -0.05) is 42.5 Å². The third-order valence-corrected chi connectivity index (χ3v) is 8.11. The summed E-state index contributed by atoms with van der Waals surface area (Å²) in [5.74, 6) is 0.682. The van der Waals surface area contributed by atoms with Crippen molar-refractivity contribution in [3.63, 3.8) is 0 Å². The lowest BCUT2D eigenvalue weighted by Gasteiger charge is -2.21. The number of carbonyl (C=O) groups is 2. The van der Waals surface area contributed by atoms with Gasteiger partial charge in [0.25, 0.3) is 0 Å². The Morgan fingerprint density at radius 1 is 0.618 bits per heavy atom. The Balaban J connectivity index is 2.20. The van der Waals surface area contributed by atoms with Crippen LogP contribution in [0, 0.1) is 0 Å². The fraction of sp³-hybridized carbons (Fsp3) is 0.231. The van der Waals surface area contributed by atoms with Crippen molar-refractivity contribution in [3.05, 3.63) is 83.4 Å². The van der Waals surface area contributed by atoms with Crippen LogP contribution < -0.4 is 18.9 Å². The Morgan fingerprint density at radius 2 is 1.00 bits per heavy atom. The Bertz CT molecular complexity index is 1110. The van der Waals surface area contributed by atoms with Gasteiger partial charge in [-0.3, -0.25) is 9.59 Å². The summed E-state index contributed by atoms with van der Waals surface area (Å²) in [5, 5.41) is 0. The summed E-state index contributed by atoms with van der Waals surface area (Å²) in [6, 6.07) is 18.8. The molecule has 8 heteroatoms. The highest BCUT2D eigenvalue weighted by Gasteiger charge is 2.45. The zero-order chi connectivity index (χ0) is 24.7. The van der Waals surface area contributed by atoms with E-state index in [-0.39, 0.29) is 46.7 Å². The second-order valence-corrected chi connectivity index (χ2v) is 10.1. The normalized spacial score (nSPS) is 10.9. The molecule has 0 amide bonds. The van der Waals surface area contributed by atoms with Gasteiger partial charge in [0.2, 0.25) is 18.2 Å². The van der Waals surface area contributed by atoms with Gasteiger partial charge in [-0.05, 0) is 36.2 Å². The van der Waals surface area contributed by atoms with Gasteiger partial charge in [0.1, 0.15) is 34.1 Å². The molecule has 0 fully saturated rings. The molecule has 0 aliphatic heterocycles. The van der Waals surface area contributed by atoms with Gasteiger partial charge in [0.15, 0.2) is 0 Å². The Kier molecular flexibility index (Phi) is 8.13. The summed E-state index contributed by atoms with van der Waals surface area (Å²) in [4.78, 5) is 27.9. The van der Waals surface area contributed by atoms with Crippen LogP contribution in [0.4, 0.5) is 0 Å². The van der Waals surface area contributed by atoms with Crippen LogP contribution in [-0.4, -0.2) is 45.6 Å². The smallest absolute Gasteiger partial charge is 0.236 e. The molecule has 0 atom stereocenters. The zero-order valence-electron chi connectivity index (χ0n) is 19.6. The second-order valence-electron chi connectivity index (χ2n) is 7.38. The zero-order valence-corrected chi connectivity index (χ0v) is 20.5. The molecule has 3 aromatic rings. The van der Waals surface area contributed by atoms with Gasteiger partial charge in [-0.2, -0.15) is 0 Å². The molecule has 0 aliphatic rings. The molecule has 178 valence electrons. The second kappa shape index (κ2) is 11.0. The maximum Gasteiger partial charge on any atom is 0.236 e. The molecular formula is C26H27O7P. The minimum atomic E-state index is -4.27. The topological polar surface area (TPSA) is 88.1 Å². The number of aryl methyl sites for hydroxylation is 1. The first kappa shape index (κ1) is 25.1. The lowest BCUT2D eigenvalue weighted by atomic mass is 10.2. The lowest BCUT2D eigenvalue weighted by Crippen LogP contribution is -2.17. The monoisotopic (exact) mass is 482 g/mol. The van der Waals surface area contributed by atoms with Gasteiger partial charge in [0, 0.05) is 6.16 Å². The maximum atomic E-state index is 14.5. The van der Waals surface area contributed by atoms with Crippen molar-refractivity contribution in [2.75, 3.05) is 34.6 Å². The third kappa shape index (κ3) is 4.85. The van der Waals surface area contributed by atoms with Gasteiger partial charge in [-0.15, -0.1) is 0 Å². The predicted molar refractivity (Wildman–Crippen MR) is 130 cm³/mol. The van der Waals surface area contributed by atoms with Crippen LogP contribution >= 0.6 is 7.14 Å². The molecule has 0 saturated heterocycles. The molecule has 3 rings (SSSR count). The van der Waals surface area contributed by atoms with Crippen LogP contribution in [0.2, 0.25) is 0 Å². The van der Waals surface area contributed by atoms with Crippen molar-refractivity contribution in [1.29, 1.82) is 0 Å². The van der Waals surface area contributed by atoms with E-state index in [1.807, 2.05) is 30.3 Å². The van der Waals surface area contributed by atoms with Crippen LogP contribution in [0.15, 0.2) is 66.7 Å². The van der Waals surface area contributed by atoms with E-state index in [1.54, 1.807) is 36.4 Å². The highest BCUT2D eigenvalue weighted by atomic mass is 31.2. The summed E-state index contributed by atoms with van der Waals surface area (Å²) >= 11 is 0. The molecule has 34 heavy (non-hydrogen) atoms. The Hall–Kier alpha value is -3.57. The summed E-state index contributed by atoms with van der Waals surface area (Å²) < 4.78 is 36.0. The van der Waals surface area contributed by atoms with Crippen LogP contribution in [-0.2, 0) is 11.0 Å². The predicted octanol–water partition coefficient (Wildman–Crippen LogP) is 5.31. The van der Waals surface area contributed by atoms with E-state index in [1.165, 1.54) is 28.4 Å². The standard InChI is InChI=1S/C26H27O7P/c1-30-19-12-8-13-20(31-2)23(19)25(27)34(29,17-16-18-10-6-5-7-11-18)26(28)24-21(32-3)14-9-15-22(24)33-4/h5-15H,16-17H2,1-4H3. The summed E-state index contributed by atoms with van der Waals surface area (Å²) in [6.45, 7) is 0. The van der Waals surface area contributed by atoms with Crippen molar-refractivity contribution < 1.29 is 33.1 Å². The average Bonchev–Trinajstić information content (AvgIpc) is 2.90. The fourth-order valence-electron chi connectivity index (χ4n) is 3.71. The van der Waals surface area contributed by atoms with E-state index in [4.69, 9.17) is 18.9 Å². The largest absolute Gasteiger partial charge is 0.496 e. The summed E-state index contributed by atoms with van der Waals surface area (Å²) in [7, 11) is 1.31. The van der Waals surface area contributed by atoms with Crippen LogP contribution in [0.3, 0.4) is 0 Å². The van der Waals surface area contributed by atoms with Crippen molar-refractivity contribution in [2.45, 2.75) is 6.42 Å². The lowest BCUT2D eigenvalue weighted by molar-refractivity contribution is 0.103. The molecule has 3 aromatic carbocycles. The van der Waals surface area contributed by atoms with Gasteiger partial charge < -0.3 is 23.5 Å². The van der Waals surface area contributed by atoms with E-state index in [9.17, 15) is 14.2 Å². The van der Waals surface area contributed by atoms with E-state index in [0.717, 1.165) is 5.56 Å². The Labute approximate surface area is 199 Å². The number of methoxy groups -OCH3 is 4. The molecule has 0 unspecified atom stereocenters. The number of hydrogen-bond acceptors (Lipinski definition) is 7. The maximum absolute atomic E-state index is 14.5.